The van der Waals surface area contributed by atoms with E-state index in [1.54, 1.807) is 0 Å². The fourth-order valence-electron chi connectivity index (χ4n) is 0.411. The van der Waals surface area contributed by atoms with E-state index in [0.29, 0.717) is 0 Å². The first-order chi connectivity index (χ1) is 3.80. The Kier molecular flexibility index (Phi) is 1.94. The lowest BCUT2D eigenvalue weighted by Crippen LogP contribution is -1.74. The lowest BCUT2D eigenvalue weighted by atomic mass is 10.2. The molecule has 1 aliphatic rings. The van der Waals surface area contributed by atoms with Gasteiger partial charge in [-0.1, -0.05) is 6.08 Å². The minimum absolute atomic E-state index is 0.0339. The first-order valence-electron chi connectivity index (χ1n) is 2.48. The molecule has 0 radical (unpaired) electrons. The highest BCUT2D eigenvalue weighted by Crippen LogP contribution is 2.19. The Morgan fingerprint density at radius 2 is 2.25 bits per heavy atom. The predicted molar refractivity (Wildman–Crippen MR) is 44.0 cm³/mol. The second-order valence-electron chi connectivity index (χ2n) is 1.74. The van der Waals surface area contributed by atoms with Gasteiger partial charge in [-0.15, -0.1) is 0 Å². The Balaban J connectivity index is 2.97. The Morgan fingerprint density at radius 1 is 1.50 bits per heavy atom. The van der Waals surface area contributed by atoms with Crippen molar-refractivity contribution >= 4 is 21.0 Å². The van der Waals surface area contributed by atoms with Crippen LogP contribution < -0.4 is 0 Å². The predicted octanol–water partition coefficient (Wildman–Crippen LogP) is 2.96. The summed E-state index contributed by atoms with van der Waals surface area (Å²) in [6, 6.07) is 0. The average molecular weight is 221 g/mol. The summed E-state index contributed by atoms with van der Waals surface area (Å²) in [7, 11) is 0. The molecule has 0 aliphatic carbocycles. The largest absolute Gasteiger partial charge is 0.227 e. The normalized spacial score (nSPS) is 18.8. The van der Waals surface area contributed by atoms with Crippen molar-refractivity contribution in [3.05, 3.63) is 21.4 Å². The first kappa shape index (κ1) is 6.13. The third kappa shape index (κ3) is 1.24. The second kappa shape index (κ2) is 2.53. The fourth-order valence-corrected chi connectivity index (χ4v) is 2.07. The van der Waals surface area contributed by atoms with E-state index in [0.717, 1.165) is 0 Å². The summed E-state index contributed by atoms with van der Waals surface area (Å²) in [4.78, 5) is 0. The van der Waals surface area contributed by atoms with Gasteiger partial charge in [0.05, 0.1) is 0 Å². The van der Waals surface area contributed by atoms with Crippen LogP contribution in [0.1, 0.15) is 13.8 Å². The van der Waals surface area contributed by atoms with E-state index in [-0.39, 0.29) is 21.0 Å². The van der Waals surface area contributed by atoms with Crippen LogP contribution in [0, 0.1) is 0 Å². The molecule has 0 atom stereocenters. The summed E-state index contributed by atoms with van der Waals surface area (Å²) >= 11 is 0.0339. The third-order valence-corrected chi connectivity index (χ3v) is 2.80. The molecular formula is C6H8IN. The standard InChI is InChI=1S/C6H8IN/c1-5-3-4-7-8-6(5)2/h3-4H,1-2H3. The monoisotopic (exact) mass is 221 g/mol. The lowest BCUT2D eigenvalue weighted by Gasteiger charge is -1.97. The van der Waals surface area contributed by atoms with Gasteiger partial charge in [0.25, 0.3) is 0 Å². The molecule has 0 saturated carbocycles. The van der Waals surface area contributed by atoms with Crippen molar-refractivity contribution < 1.29 is 0 Å². The molecule has 0 aromatic rings. The zero-order valence-electron chi connectivity index (χ0n) is 4.98. The molecule has 1 heterocycles. The Labute approximate surface area is 59.6 Å². The summed E-state index contributed by atoms with van der Waals surface area (Å²) in [5.41, 5.74) is 2.54. The van der Waals surface area contributed by atoms with Gasteiger partial charge < -0.3 is 0 Å². The van der Waals surface area contributed by atoms with Crippen molar-refractivity contribution in [1.29, 1.82) is 0 Å². The Bertz CT molecular complexity index is 157. The van der Waals surface area contributed by atoms with Crippen LogP contribution in [0.15, 0.2) is 24.6 Å². The van der Waals surface area contributed by atoms with Crippen LogP contribution in [0.4, 0.5) is 0 Å². The summed E-state index contributed by atoms with van der Waals surface area (Å²) in [5, 5.41) is 0. The van der Waals surface area contributed by atoms with E-state index >= 15 is 0 Å². The average Bonchev–Trinajstić information content (AvgIpc) is 1.77. The van der Waals surface area contributed by atoms with Gasteiger partial charge >= 0.3 is 0 Å². The quantitative estimate of drug-likeness (QED) is 0.557. The van der Waals surface area contributed by atoms with Gasteiger partial charge in [0.1, 0.15) is 0 Å². The second-order valence-corrected chi connectivity index (χ2v) is 3.50. The van der Waals surface area contributed by atoms with Crippen LogP contribution in [0.5, 0.6) is 0 Å². The summed E-state index contributed by atoms with van der Waals surface area (Å²) in [5.74, 6) is 0. The van der Waals surface area contributed by atoms with Gasteiger partial charge in [0, 0.05) is 26.7 Å². The zero-order chi connectivity index (χ0) is 5.98. The van der Waals surface area contributed by atoms with Crippen molar-refractivity contribution in [3.63, 3.8) is 0 Å². The molecule has 0 N–H and O–H groups in total. The lowest BCUT2D eigenvalue weighted by molar-refractivity contribution is 1.27. The molecule has 0 amide bonds. The maximum Gasteiger partial charge on any atom is 0.0463 e. The number of rotatable bonds is 0. The van der Waals surface area contributed by atoms with Crippen LogP contribution in [0.3, 0.4) is 0 Å². The van der Waals surface area contributed by atoms with Gasteiger partial charge in [0.15, 0.2) is 0 Å². The fraction of sp³-hybridized carbons (Fsp3) is 0.333. The van der Waals surface area contributed by atoms with Gasteiger partial charge in [-0.05, 0) is 23.5 Å². The van der Waals surface area contributed by atoms with E-state index in [9.17, 15) is 0 Å². The summed E-state index contributed by atoms with van der Waals surface area (Å²) in [6.45, 7) is 4.16. The molecule has 44 valence electrons. The van der Waals surface area contributed by atoms with Crippen LogP contribution >= 0.6 is 21.0 Å². The number of halogens is 1. The summed E-state index contributed by atoms with van der Waals surface area (Å²) in [6.07, 6.45) is 2.16. The van der Waals surface area contributed by atoms with Crippen molar-refractivity contribution in [2.45, 2.75) is 13.8 Å². The van der Waals surface area contributed by atoms with Crippen molar-refractivity contribution in [2.75, 3.05) is 0 Å². The number of hydrogen-bond donors (Lipinski definition) is 0. The van der Waals surface area contributed by atoms with Gasteiger partial charge in [-0.3, -0.25) is 0 Å². The maximum absolute atomic E-state index is 4.31. The van der Waals surface area contributed by atoms with E-state index in [1.165, 1.54) is 11.3 Å². The molecular weight excluding hydrogens is 213 g/mol. The van der Waals surface area contributed by atoms with Gasteiger partial charge in [0.2, 0.25) is 0 Å². The minimum atomic E-state index is 0.0339. The number of allylic oxidation sites excluding steroid dienone is 3. The molecule has 0 aromatic carbocycles. The van der Waals surface area contributed by atoms with Crippen LogP contribution in [0.25, 0.3) is 0 Å². The molecule has 0 spiro atoms. The molecule has 1 aliphatic heterocycles. The Hall–Kier alpha value is 0.01000. The van der Waals surface area contributed by atoms with Crippen molar-refractivity contribution in [1.82, 2.24) is 0 Å². The summed E-state index contributed by atoms with van der Waals surface area (Å²) < 4.78 is 6.50. The van der Waals surface area contributed by atoms with Crippen LogP contribution in [0.2, 0.25) is 0 Å². The SMILES string of the molecule is CC1=C(C)N=IC=C1. The Morgan fingerprint density at radius 3 is 2.62 bits per heavy atom. The molecule has 2 heteroatoms. The zero-order valence-corrected chi connectivity index (χ0v) is 7.14. The first-order valence-corrected chi connectivity index (χ1v) is 4.69. The topological polar surface area (TPSA) is 12.4 Å². The highest BCUT2D eigenvalue weighted by Gasteiger charge is 1.91. The van der Waals surface area contributed by atoms with Gasteiger partial charge in [-0.2, -0.15) is 0 Å². The van der Waals surface area contributed by atoms with Crippen molar-refractivity contribution in [3.8, 4) is 0 Å². The van der Waals surface area contributed by atoms with Crippen molar-refractivity contribution in [2.24, 2.45) is 3.15 Å². The van der Waals surface area contributed by atoms with Gasteiger partial charge in [-0.25, -0.2) is 3.15 Å². The molecule has 0 bridgehead atoms. The highest BCUT2D eigenvalue weighted by molar-refractivity contribution is 14.2. The third-order valence-electron chi connectivity index (χ3n) is 1.12. The van der Waals surface area contributed by atoms with Crippen LogP contribution in [-0.2, 0) is 0 Å². The molecule has 1 nitrogen and oxygen atoms in total. The molecule has 0 unspecified atom stereocenters. The van der Waals surface area contributed by atoms with Crippen LogP contribution in [-0.4, -0.2) is 0 Å². The molecule has 0 aromatic heterocycles. The maximum atomic E-state index is 4.31. The van der Waals surface area contributed by atoms with E-state index < -0.39 is 0 Å². The highest BCUT2D eigenvalue weighted by atomic mass is 127. The van der Waals surface area contributed by atoms with E-state index in [4.69, 9.17) is 0 Å². The smallest absolute Gasteiger partial charge is 0.0463 e. The molecule has 0 saturated heterocycles. The molecule has 0 fully saturated rings. The number of nitrogens with zero attached hydrogens (tertiary/aromatic N) is 1. The molecule has 8 heavy (non-hydrogen) atoms. The molecule has 1 rings (SSSR count). The number of hydrogen-bond acceptors (Lipinski definition) is 1. The minimum Gasteiger partial charge on any atom is -0.227 e. The van der Waals surface area contributed by atoms with E-state index in [2.05, 4.69) is 27.2 Å². The van der Waals surface area contributed by atoms with E-state index in [1.807, 2.05) is 0 Å².